The minimum atomic E-state index is -0.455. The number of allylic oxidation sites excluding steroid dienone is 2. The number of pyridine rings is 1. The number of ether oxygens (including phenoxy) is 1. The Labute approximate surface area is 165 Å². The molecule has 142 valence electrons. The van der Waals surface area contributed by atoms with Gasteiger partial charge in [0, 0.05) is 19.3 Å². The Kier molecular flexibility index (Phi) is 5.69. The van der Waals surface area contributed by atoms with E-state index in [4.69, 9.17) is 16.3 Å². The predicted molar refractivity (Wildman–Crippen MR) is 104 cm³/mol. The lowest BCUT2D eigenvalue weighted by atomic mass is 10.2. The van der Waals surface area contributed by atoms with Gasteiger partial charge in [0.05, 0.1) is 24.7 Å². The molecule has 3 heterocycles. The summed E-state index contributed by atoms with van der Waals surface area (Å²) in [7, 11) is 3.01. The van der Waals surface area contributed by atoms with E-state index in [2.05, 4.69) is 25.8 Å². The fourth-order valence-electron chi connectivity index (χ4n) is 2.43. The molecule has 0 aliphatic carbocycles. The SMILES string of the molecule is CNC(=O)c1nnc(Cl)cc1NC1=CC=CN(c2ccc(OC)cn2)C1=C=O. The maximum Gasteiger partial charge on any atom is 0.273 e. The summed E-state index contributed by atoms with van der Waals surface area (Å²) in [4.78, 5) is 29.6. The molecule has 9 nitrogen and oxygen atoms in total. The van der Waals surface area contributed by atoms with Gasteiger partial charge in [0.2, 0.25) is 0 Å². The third-order valence-corrected chi connectivity index (χ3v) is 3.95. The number of carbonyl (C=O) groups is 1. The monoisotopic (exact) mass is 398 g/mol. The summed E-state index contributed by atoms with van der Waals surface area (Å²) in [5.41, 5.74) is 0.860. The molecular formula is C18H15ClN6O3. The molecule has 10 heteroatoms. The van der Waals surface area contributed by atoms with Crippen LogP contribution in [0.2, 0.25) is 5.15 Å². The second kappa shape index (κ2) is 8.34. The summed E-state index contributed by atoms with van der Waals surface area (Å²) in [6, 6.07) is 4.86. The quantitative estimate of drug-likeness (QED) is 0.735. The largest absolute Gasteiger partial charge is 0.495 e. The van der Waals surface area contributed by atoms with Gasteiger partial charge in [-0.1, -0.05) is 11.6 Å². The van der Waals surface area contributed by atoms with Crippen molar-refractivity contribution in [3.8, 4) is 5.75 Å². The number of amides is 1. The average molecular weight is 399 g/mol. The number of nitrogens with zero attached hydrogens (tertiary/aromatic N) is 4. The van der Waals surface area contributed by atoms with Crippen LogP contribution in [0, 0.1) is 0 Å². The van der Waals surface area contributed by atoms with E-state index in [0.717, 1.165) is 0 Å². The highest BCUT2D eigenvalue weighted by molar-refractivity contribution is 6.29. The number of aromatic nitrogens is 3. The van der Waals surface area contributed by atoms with Crippen LogP contribution in [0.4, 0.5) is 11.5 Å². The number of hydrogen-bond donors (Lipinski definition) is 2. The van der Waals surface area contributed by atoms with Gasteiger partial charge in [-0.25, -0.2) is 9.78 Å². The van der Waals surface area contributed by atoms with E-state index in [0.29, 0.717) is 17.3 Å². The Hall–Kier alpha value is -3.68. The van der Waals surface area contributed by atoms with Crippen LogP contribution in [0.3, 0.4) is 0 Å². The molecule has 1 amide bonds. The van der Waals surface area contributed by atoms with Crippen LogP contribution < -0.4 is 20.3 Å². The zero-order valence-corrected chi connectivity index (χ0v) is 15.7. The van der Waals surface area contributed by atoms with Crippen molar-refractivity contribution in [2.75, 3.05) is 24.4 Å². The van der Waals surface area contributed by atoms with E-state index in [1.165, 1.54) is 26.4 Å². The van der Waals surface area contributed by atoms with Gasteiger partial charge in [-0.2, -0.15) is 0 Å². The third-order valence-electron chi connectivity index (χ3n) is 3.77. The Morgan fingerprint density at radius 2 is 2.14 bits per heavy atom. The summed E-state index contributed by atoms with van der Waals surface area (Å²) >= 11 is 5.91. The number of rotatable bonds is 5. The van der Waals surface area contributed by atoms with Crippen molar-refractivity contribution in [2.45, 2.75) is 0 Å². The molecule has 0 bridgehead atoms. The van der Waals surface area contributed by atoms with Crippen LogP contribution in [0.15, 0.2) is 54.1 Å². The maximum atomic E-state index is 12.0. The van der Waals surface area contributed by atoms with Crippen LogP contribution in [0.25, 0.3) is 0 Å². The first-order valence-electron chi connectivity index (χ1n) is 8.03. The van der Waals surface area contributed by atoms with Crippen molar-refractivity contribution in [1.82, 2.24) is 20.5 Å². The van der Waals surface area contributed by atoms with Crippen molar-refractivity contribution in [3.63, 3.8) is 0 Å². The van der Waals surface area contributed by atoms with Gasteiger partial charge in [-0.3, -0.25) is 9.69 Å². The molecule has 0 radical (unpaired) electrons. The lowest BCUT2D eigenvalue weighted by Crippen LogP contribution is -2.26. The highest BCUT2D eigenvalue weighted by Crippen LogP contribution is 2.28. The van der Waals surface area contributed by atoms with Crippen LogP contribution in [0.5, 0.6) is 5.75 Å². The van der Waals surface area contributed by atoms with E-state index in [9.17, 15) is 9.59 Å². The van der Waals surface area contributed by atoms with Crippen molar-refractivity contribution in [3.05, 3.63) is 65.0 Å². The Morgan fingerprint density at radius 3 is 2.79 bits per heavy atom. The first-order chi connectivity index (χ1) is 13.6. The molecule has 2 N–H and O–H groups in total. The topological polar surface area (TPSA) is 109 Å². The molecule has 0 atom stereocenters. The first kappa shape index (κ1) is 19.1. The van der Waals surface area contributed by atoms with Gasteiger partial charge in [-0.05, 0) is 24.3 Å². The lowest BCUT2D eigenvalue weighted by Gasteiger charge is -2.25. The van der Waals surface area contributed by atoms with E-state index >= 15 is 0 Å². The lowest BCUT2D eigenvalue weighted by molar-refractivity contribution is 0.0958. The molecule has 0 spiro atoms. The van der Waals surface area contributed by atoms with Crippen molar-refractivity contribution < 1.29 is 14.3 Å². The molecule has 0 saturated heterocycles. The number of methoxy groups -OCH3 is 1. The highest BCUT2D eigenvalue weighted by Gasteiger charge is 2.22. The van der Waals surface area contributed by atoms with Crippen molar-refractivity contribution >= 4 is 35.0 Å². The summed E-state index contributed by atoms with van der Waals surface area (Å²) in [6.45, 7) is 0. The summed E-state index contributed by atoms with van der Waals surface area (Å²) in [5, 5.41) is 13.1. The Bertz CT molecular complexity index is 1010. The molecule has 0 fully saturated rings. The minimum absolute atomic E-state index is 0.0294. The molecule has 0 unspecified atom stereocenters. The minimum Gasteiger partial charge on any atom is -0.495 e. The van der Waals surface area contributed by atoms with Crippen molar-refractivity contribution in [1.29, 1.82) is 0 Å². The second-order valence-electron chi connectivity index (χ2n) is 5.43. The third kappa shape index (κ3) is 3.85. The summed E-state index contributed by atoms with van der Waals surface area (Å²) in [5.74, 6) is 2.52. The highest BCUT2D eigenvalue weighted by atomic mass is 35.5. The predicted octanol–water partition coefficient (Wildman–Crippen LogP) is 1.94. The van der Waals surface area contributed by atoms with Gasteiger partial charge < -0.3 is 15.4 Å². The molecule has 0 saturated carbocycles. The molecule has 0 aromatic carbocycles. The smallest absolute Gasteiger partial charge is 0.273 e. The molecule has 3 rings (SSSR count). The van der Waals surface area contributed by atoms with Crippen LogP contribution in [0.1, 0.15) is 10.5 Å². The first-order valence-corrected chi connectivity index (χ1v) is 8.40. The average Bonchev–Trinajstić information content (AvgIpc) is 2.73. The van der Waals surface area contributed by atoms with Gasteiger partial charge in [-0.15, -0.1) is 10.2 Å². The fourth-order valence-corrected chi connectivity index (χ4v) is 2.58. The van der Waals surface area contributed by atoms with Crippen LogP contribution >= 0.6 is 11.6 Å². The Balaban J connectivity index is 1.94. The molecule has 2 aromatic heterocycles. The number of hydrogen-bond acceptors (Lipinski definition) is 8. The number of anilines is 2. The molecule has 28 heavy (non-hydrogen) atoms. The second-order valence-corrected chi connectivity index (χ2v) is 5.82. The molecular weight excluding hydrogens is 384 g/mol. The van der Waals surface area contributed by atoms with E-state index in [1.807, 2.05) is 5.94 Å². The van der Waals surface area contributed by atoms with Crippen LogP contribution in [-0.4, -0.2) is 41.2 Å². The standard InChI is InChI=1S/C18H15ClN6O3/c1-20-18(27)17-13(8-15(19)23-24-17)22-12-4-3-7-25(14(12)10-26)16-6-5-11(28-2)9-21-16/h3-9H,1-2H3,(H,20,27)(H,22,23). The zero-order chi connectivity index (χ0) is 20.1. The normalized spacial score (nSPS) is 12.9. The van der Waals surface area contributed by atoms with E-state index < -0.39 is 5.91 Å². The van der Waals surface area contributed by atoms with E-state index in [-0.39, 0.29) is 22.2 Å². The Morgan fingerprint density at radius 1 is 1.32 bits per heavy atom. The summed E-state index contributed by atoms with van der Waals surface area (Å²) in [6.07, 6.45) is 6.57. The number of halogens is 1. The number of carbonyl (C=O) groups excluding carboxylic acids is 2. The van der Waals surface area contributed by atoms with Gasteiger partial charge >= 0.3 is 0 Å². The zero-order valence-electron chi connectivity index (χ0n) is 14.9. The van der Waals surface area contributed by atoms with Gasteiger partial charge in [0.1, 0.15) is 11.6 Å². The molecule has 2 aromatic rings. The molecule has 1 aliphatic heterocycles. The van der Waals surface area contributed by atoms with Gasteiger partial charge in [0.15, 0.2) is 22.5 Å². The van der Waals surface area contributed by atoms with Crippen molar-refractivity contribution in [2.24, 2.45) is 0 Å². The van der Waals surface area contributed by atoms with E-state index in [1.54, 1.807) is 35.4 Å². The van der Waals surface area contributed by atoms with Crippen LogP contribution in [-0.2, 0) is 4.79 Å². The maximum absolute atomic E-state index is 12.0. The summed E-state index contributed by atoms with van der Waals surface area (Å²) < 4.78 is 5.10. The molecule has 1 aliphatic rings. The fraction of sp³-hybridized carbons (Fsp3) is 0.111. The number of nitrogens with one attached hydrogen (secondary N) is 2. The van der Waals surface area contributed by atoms with Gasteiger partial charge in [0.25, 0.3) is 5.91 Å².